The lowest BCUT2D eigenvalue weighted by molar-refractivity contribution is 0.0600. The second-order valence-corrected chi connectivity index (χ2v) is 11.4. The van der Waals surface area contributed by atoms with Crippen molar-refractivity contribution < 1.29 is 9.53 Å². The first kappa shape index (κ1) is 35.9. The van der Waals surface area contributed by atoms with Crippen molar-refractivity contribution in [2.75, 3.05) is 12.9 Å². The summed E-state index contributed by atoms with van der Waals surface area (Å²) in [6.07, 6.45) is 7.74. The van der Waals surface area contributed by atoms with Crippen molar-refractivity contribution in [2.45, 2.75) is 70.6 Å². The molecule has 1 heterocycles. The molecule has 0 radical (unpaired) electrons. The van der Waals surface area contributed by atoms with Gasteiger partial charge in [-0.1, -0.05) is 119 Å². The van der Waals surface area contributed by atoms with Gasteiger partial charge in [0.2, 0.25) is 0 Å². The van der Waals surface area contributed by atoms with Crippen LogP contribution in [0.3, 0.4) is 0 Å². The summed E-state index contributed by atoms with van der Waals surface area (Å²) >= 11 is 1.82. The van der Waals surface area contributed by atoms with Crippen LogP contribution in [0.25, 0.3) is 5.57 Å². The molecule has 0 unspecified atom stereocenters. The number of ether oxygens (including phenoxy) is 1. The van der Waals surface area contributed by atoms with Crippen LogP contribution in [-0.4, -0.2) is 18.8 Å². The van der Waals surface area contributed by atoms with E-state index in [0.29, 0.717) is 5.56 Å². The number of hydrogen-bond acceptors (Lipinski definition) is 3. The van der Waals surface area contributed by atoms with E-state index in [9.17, 15) is 4.79 Å². The van der Waals surface area contributed by atoms with Crippen molar-refractivity contribution in [3.63, 3.8) is 0 Å². The SMILES string of the molecule is C=C(Cc1ccc(CCc2ccccc2)cc1)c1ccccc1CCC.CC.COC(=O)c1ccc2c(c1)SCCC2.Cl. The van der Waals surface area contributed by atoms with Crippen LogP contribution in [0.1, 0.15) is 77.4 Å². The smallest absolute Gasteiger partial charge is 0.337 e. The molecule has 5 rings (SSSR count). The van der Waals surface area contributed by atoms with Crippen LogP contribution in [0.15, 0.2) is 109 Å². The van der Waals surface area contributed by atoms with Crippen LogP contribution in [0.2, 0.25) is 0 Å². The summed E-state index contributed by atoms with van der Waals surface area (Å²) in [6, 6.07) is 34.3. The zero-order valence-corrected chi connectivity index (χ0v) is 27.9. The Bertz CT molecular complexity index is 1400. The van der Waals surface area contributed by atoms with Crippen LogP contribution >= 0.6 is 24.2 Å². The van der Waals surface area contributed by atoms with Gasteiger partial charge in [0.25, 0.3) is 0 Å². The zero-order valence-electron chi connectivity index (χ0n) is 26.2. The van der Waals surface area contributed by atoms with E-state index in [4.69, 9.17) is 0 Å². The van der Waals surface area contributed by atoms with Gasteiger partial charge >= 0.3 is 5.97 Å². The third-order valence-electron chi connectivity index (χ3n) is 7.24. The largest absolute Gasteiger partial charge is 0.465 e. The van der Waals surface area contributed by atoms with Gasteiger partial charge in [0.05, 0.1) is 12.7 Å². The van der Waals surface area contributed by atoms with Crippen molar-refractivity contribution in [1.82, 2.24) is 0 Å². The molecule has 1 aliphatic heterocycles. The molecule has 4 heteroatoms. The minimum absolute atomic E-state index is 0. The van der Waals surface area contributed by atoms with E-state index in [1.54, 1.807) is 0 Å². The molecule has 1 aliphatic rings. The molecule has 2 nitrogen and oxygen atoms in total. The van der Waals surface area contributed by atoms with Gasteiger partial charge in [0.15, 0.2) is 0 Å². The lowest BCUT2D eigenvalue weighted by atomic mass is 9.93. The van der Waals surface area contributed by atoms with Gasteiger partial charge in [-0.25, -0.2) is 4.79 Å². The summed E-state index contributed by atoms with van der Waals surface area (Å²) in [4.78, 5) is 12.5. The standard InChI is InChI=1S/C26H28.C11H12O2S.C2H6.ClH/c1-3-9-25-12-7-8-13-26(25)21(2)20-24-18-16-23(17-19-24)15-14-22-10-5-4-6-11-22;1-13-11(12)9-5-4-8-3-2-6-14-10(8)7-9;1-2;/h4-8,10-13,16-19H,2-3,9,14-15,20H2,1H3;4-5,7H,2-3,6H2,1H3;1-2H3;1H. The molecule has 0 fully saturated rings. The third kappa shape index (κ3) is 11.4. The number of esters is 1. The summed E-state index contributed by atoms with van der Waals surface area (Å²) < 4.78 is 4.68. The van der Waals surface area contributed by atoms with Gasteiger partial charge in [-0.2, -0.15) is 0 Å². The molecule has 0 N–H and O–H groups in total. The molecule has 4 aromatic carbocycles. The fourth-order valence-corrected chi connectivity index (χ4v) is 6.11. The average Bonchev–Trinajstić information content (AvgIpc) is 3.06. The lowest BCUT2D eigenvalue weighted by Gasteiger charge is -2.15. The number of fused-ring (bicyclic) bond motifs is 1. The van der Waals surface area contributed by atoms with E-state index in [-0.39, 0.29) is 18.4 Å². The first-order chi connectivity index (χ1) is 20.6. The van der Waals surface area contributed by atoms with Crippen LogP contribution in [0, 0.1) is 0 Å². The van der Waals surface area contributed by atoms with Crippen molar-refractivity contribution in [2.24, 2.45) is 0 Å². The van der Waals surface area contributed by atoms with Gasteiger partial charge in [-0.3, -0.25) is 0 Å². The lowest BCUT2D eigenvalue weighted by Crippen LogP contribution is -2.04. The number of allylic oxidation sites excluding steroid dienone is 1. The van der Waals surface area contributed by atoms with Crippen molar-refractivity contribution in [1.29, 1.82) is 0 Å². The summed E-state index contributed by atoms with van der Waals surface area (Å²) in [7, 11) is 1.41. The Morgan fingerprint density at radius 3 is 2.12 bits per heavy atom. The molecule has 0 atom stereocenters. The number of halogens is 1. The van der Waals surface area contributed by atoms with E-state index in [1.807, 2.05) is 43.8 Å². The Morgan fingerprint density at radius 1 is 0.814 bits per heavy atom. The fraction of sp³-hybridized carbons (Fsp3) is 0.308. The highest BCUT2D eigenvalue weighted by molar-refractivity contribution is 7.99. The number of thioether (sulfide) groups is 1. The van der Waals surface area contributed by atoms with Crippen LogP contribution in [0.5, 0.6) is 0 Å². The molecule has 0 aromatic heterocycles. The minimum atomic E-state index is -0.251. The number of carbonyl (C=O) groups excluding carboxylic acids is 1. The predicted molar refractivity (Wildman–Crippen MR) is 189 cm³/mol. The molecule has 228 valence electrons. The van der Waals surface area contributed by atoms with Gasteiger partial charge in [0, 0.05) is 4.90 Å². The second-order valence-electron chi connectivity index (χ2n) is 10.3. The maximum Gasteiger partial charge on any atom is 0.337 e. The van der Waals surface area contributed by atoms with Crippen LogP contribution < -0.4 is 0 Å². The van der Waals surface area contributed by atoms with E-state index in [2.05, 4.69) is 97.1 Å². The summed E-state index contributed by atoms with van der Waals surface area (Å²) in [5.74, 6) is 0.899. The van der Waals surface area contributed by atoms with E-state index < -0.39 is 0 Å². The Balaban J connectivity index is 0.000000321. The molecule has 4 aromatic rings. The van der Waals surface area contributed by atoms with E-state index in [0.717, 1.165) is 37.9 Å². The summed E-state index contributed by atoms with van der Waals surface area (Å²) in [5.41, 5.74) is 10.1. The molecule has 0 spiro atoms. The molecule has 0 saturated heterocycles. The van der Waals surface area contributed by atoms with E-state index in [1.165, 1.54) is 63.8 Å². The van der Waals surface area contributed by atoms with Gasteiger partial charge < -0.3 is 4.74 Å². The van der Waals surface area contributed by atoms with Gasteiger partial charge in [0.1, 0.15) is 0 Å². The minimum Gasteiger partial charge on any atom is -0.465 e. The first-order valence-electron chi connectivity index (χ1n) is 15.3. The maximum atomic E-state index is 11.3. The number of methoxy groups -OCH3 is 1. The van der Waals surface area contributed by atoms with Crippen LogP contribution in [-0.2, 0) is 36.8 Å². The zero-order chi connectivity index (χ0) is 30.2. The molecule has 0 saturated carbocycles. The number of aryl methyl sites for hydroxylation is 4. The Hall–Kier alpha value is -3.27. The quantitative estimate of drug-likeness (QED) is 0.175. The molecule has 0 aliphatic carbocycles. The molecule has 43 heavy (non-hydrogen) atoms. The highest BCUT2D eigenvalue weighted by Crippen LogP contribution is 2.30. The Labute approximate surface area is 270 Å². The predicted octanol–water partition coefficient (Wildman–Crippen LogP) is 10.6. The number of benzene rings is 4. The normalized spacial score (nSPS) is 11.3. The summed E-state index contributed by atoms with van der Waals surface area (Å²) in [6.45, 7) is 10.6. The molecule has 0 amide bonds. The maximum absolute atomic E-state index is 11.3. The fourth-order valence-electron chi connectivity index (χ4n) is 5.04. The average molecular weight is 615 g/mol. The third-order valence-corrected chi connectivity index (χ3v) is 8.42. The van der Waals surface area contributed by atoms with Crippen molar-refractivity contribution >= 4 is 35.7 Å². The Kier molecular flexibility index (Phi) is 16.6. The highest BCUT2D eigenvalue weighted by atomic mass is 35.5. The van der Waals surface area contributed by atoms with Gasteiger partial charge in [-0.05, 0) is 95.4 Å². The molecular weight excluding hydrogens is 568 g/mol. The second kappa shape index (κ2) is 19.8. The Morgan fingerprint density at radius 2 is 1.44 bits per heavy atom. The van der Waals surface area contributed by atoms with Crippen molar-refractivity contribution in [3.8, 4) is 0 Å². The topological polar surface area (TPSA) is 26.3 Å². The highest BCUT2D eigenvalue weighted by Gasteiger charge is 2.13. The number of hydrogen-bond donors (Lipinski definition) is 0. The summed E-state index contributed by atoms with van der Waals surface area (Å²) in [5, 5.41) is 0. The first-order valence-corrected chi connectivity index (χ1v) is 16.3. The van der Waals surface area contributed by atoms with Crippen molar-refractivity contribution in [3.05, 3.63) is 143 Å². The van der Waals surface area contributed by atoms with Crippen LogP contribution in [0.4, 0.5) is 0 Å². The molecule has 0 bridgehead atoms. The monoisotopic (exact) mass is 614 g/mol. The molecular formula is C39H47ClO2S. The van der Waals surface area contributed by atoms with Gasteiger partial charge in [-0.15, -0.1) is 24.2 Å². The van der Waals surface area contributed by atoms with E-state index >= 15 is 0 Å². The number of carbonyl (C=O) groups is 1. The number of rotatable bonds is 9.